The summed E-state index contributed by atoms with van der Waals surface area (Å²) >= 11 is 0. The van der Waals surface area contributed by atoms with Gasteiger partial charge in [0.25, 0.3) is 0 Å². The standard InChI is InChI=1S/C8H13NO2/c1-2-3-4-5-6-7-11-8(9)10/h4-7H2,1H3,(H2,9,10). The van der Waals surface area contributed by atoms with Gasteiger partial charge < -0.3 is 10.5 Å². The van der Waals surface area contributed by atoms with Gasteiger partial charge in [-0.2, -0.15) is 0 Å². The fraction of sp³-hybridized carbons (Fsp3) is 0.625. The van der Waals surface area contributed by atoms with E-state index in [0.717, 1.165) is 19.3 Å². The Morgan fingerprint density at radius 1 is 1.55 bits per heavy atom. The van der Waals surface area contributed by atoms with Crippen LogP contribution in [0.5, 0.6) is 0 Å². The van der Waals surface area contributed by atoms with E-state index in [1.54, 1.807) is 6.92 Å². The van der Waals surface area contributed by atoms with Gasteiger partial charge in [-0.3, -0.25) is 0 Å². The minimum Gasteiger partial charge on any atom is -0.450 e. The molecule has 0 bridgehead atoms. The summed E-state index contributed by atoms with van der Waals surface area (Å²) in [5.74, 6) is 5.70. The molecule has 0 saturated carbocycles. The zero-order valence-electron chi connectivity index (χ0n) is 6.72. The zero-order chi connectivity index (χ0) is 8.53. The average Bonchev–Trinajstić information content (AvgIpc) is 1.96. The summed E-state index contributed by atoms with van der Waals surface area (Å²) in [6, 6.07) is 0. The van der Waals surface area contributed by atoms with Crippen LogP contribution < -0.4 is 5.73 Å². The van der Waals surface area contributed by atoms with Crippen LogP contribution in [0, 0.1) is 11.8 Å². The first kappa shape index (κ1) is 9.83. The predicted octanol–water partition coefficient (Wildman–Crippen LogP) is 1.28. The summed E-state index contributed by atoms with van der Waals surface area (Å²) in [4.78, 5) is 10.1. The van der Waals surface area contributed by atoms with Crippen molar-refractivity contribution in [2.75, 3.05) is 6.61 Å². The molecule has 0 atom stereocenters. The molecule has 3 heteroatoms. The Balaban J connectivity index is 3.00. The highest BCUT2D eigenvalue weighted by Gasteiger charge is 1.91. The Hall–Kier alpha value is -1.17. The first-order chi connectivity index (χ1) is 5.27. The van der Waals surface area contributed by atoms with Crippen molar-refractivity contribution in [3.05, 3.63) is 0 Å². The zero-order valence-corrected chi connectivity index (χ0v) is 6.72. The van der Waals surface area contributed by atoms with Gasteiger partial charge in [0.15, 0.2) is 0 Å². The number of carbonyl (C=O) groups is 1. The molecule has 2 N–H and O–H groups in total. The van der Waals surface area contributed by atoms with Gasteiger partial charge in [0.1, 0.15) is 0 Å². The van der Waals surface area contributed by atoms with E-state index in [4.69, 9.17) is 5.73 Å². The predicted molar refractivity (Wildman–Crippen MR) is 42.8 cm³/mol. The fourth-order valence-electron chi connectivity index (χ4n) is 0.613. The van der Waals surface area contributed by atoms with Crippen LogP contribution in [0.25, 0.3) is 0 Å². The molecule has 0 aliphatic heterocycles. The van der Waals surface area contributed by atoms with Gasteiger partial charge in [-0.15, -0.1) is 11.8 Å². The molecule has 62 valence electrons. The van der Waals surface area contributed by atoms with Crippen LogP contribution in [-0.2, 0) is 4.74 Å². The quantitative estimate of drug-likeness (QED) is 0.491. The molecule has 0 aliphatic rings. The lowest BCUT2D eigenvalue weighted by Gasteiger charge is -1.97. The molecular weight excluding hydrogens is 142 g/mol. The molecule has 0 heterocycles. The van der Waals surface area contributed by atoms with E-state index in [1.165, 1.54) is 0 Å². The summed E-state index contributed by atoms with van der Waals surface area (Å²) in [5, 5.41) is 0. The van der Waals surface area contributed by atoms with Crippen molar-refractivity contribution in [1.82, 2.24) is 0 Å². The SMILES string of the molecule is CC#CCCCCOC(N)=O. The van der Waals surface area contributed by atoms with Gasteiger partial charge in [0, 0.05) is 6.42 Å². The number of nitrogens with two attached hydrogens (primary N) is 1. The minimum absolute atomic E-state index is 0.403. The van der Waals surface area contributed by atoms with Crippen LogP contribution >= 0.6 is 0 Å². The molecule has 0 unspecified atom stereocenters. The summed E-state index contributed by atoms with van der Waals surface area (Å²) in [7, 11) is 0. The van der Waals surface area contributed by atoms with Crippen molar-refractivity contribution in [2.45, 2.75) is 26.2 Å². The fourth-order valence-corrected chi connectivity index (χ4v) is 0.613. The number of unbranched alkanes of at least 4 members (excludes halogenated alkanes) is 2. The largest absolute Gasteiger partial charge is 0.450 e. The summed E-state index contributed by atoms with van der Waals surface area (Å²) in [6.07, 6.45) is 1.94. The smallest absolute Gasteiger partial charge is 0.404 e. The molecule has 0 spiro atoms. The maximum Gasteiger partial charge on any atom is 0.404 e. The molecule has 0 aromatic rings. The monoisotopic (exact) mass is 155 g/mol. The first-order valence-corrected chi connectivity index (χ1v) is 3.59. The molecule has 0 fully saturated rings. The van der Waals surface area contributed by atoms with Crippen LogP contribution in [0.2, 0.25) is 0 Å². The maximum absolute atomic E-state index is 10.1. The number of rotatable bonds is 4. The number of carbonyl (C=O) groups excluding carboxylic acids is 1. The molecule has 0 rings (SSSR count). The molecule has 0 saturated heterocycles. The van der Waals surface area contributed by atoms with Crippen molar-refractivity contribution in [3.63, 3.8) is 0 Å². The van der Waals surface area contributed by atoms with E-state index in [-0.39, 0.29) is 0 Å². The van der Waals surface area contributed by atoms with Crippen LogP contribution in [-0.4, -0.2) is 12.7 Å². The molecule has 0 aromatic carbocycles. The van der Waals surface area contributed by atoms with Crippen LogP contribution in [0.15, 0.2) is 0 Å². The third kappa shape index (κ3) is 8.83. The minimum atomic E-state index is -0.702. The van der Waals surface area contributed by atoms with Crippen LogP contribution in [0.4, 0.5) is 4.79 Å². The topological polar surface area (TPSA) is 52.3 Å². The molecule has 0 radical (unpaired) electrons. The van der Waals surface area contributed by atoms with E-state index >= 15 is 0 Å². The van der Waals surface area contributed by atoms with E-state index in [2.05, 4.69) is 16.6 Å². The Bertz CT molecular complexity index is 167. The Morgan fingerprint density at radius 2 is 2.27 bits per heavy atom. The molecule has 0 aliphatic carbocycles. The van der Waals surface area contributed by atoms with E-state index in [9.17, 15) is 4.79 Å². The number of hydrogen-bond acceptors (Lipinski definition) is 2. The number of amides is 1. The van der Waals surface area contributed by atoms with Crippen molar-refractivity contribution in [2.24, 2.45) is 5.73 Å². The highest BCUT2D eigenvalue weighted by molar-refractivity contribution is 5.64. The Morgan fingerprint density at radius 3 is 2.82 bits per heavy atom. The van der Waals surface area contributed by atoms with E-state index in [0.29, 0.717) is 6.61 Å². The van der Waals surface area contributed by atoms with E-state index < -0.39 is 6.09 Å². The molecule has 0 aromatic heterocycles. The summed E-state index contributed by atoms with van der Waals surface area (Å²) in [6.45, 7) is 2.21. The first-order valence-electron chi connectivity index (χ1n) is 3.59. The van der Waals surface area contributed by atoms with Gasteiger partial charge in [-0.05, 0) is 19.8 Å². The third-order valence-electron chi connectivity index (χ3n) is 1.12. The van der Waals surface area contributed by atoms with Crippen molar-refractivity contribution in [1.29, 1.82) is 0 Å². The second-order valence-electron chi connectivity index (χ2n) is 2.05. The molecule has 1 amide bonds. The van der Waals surface area contributed by atoms with Crippen LogP contribution in [0.1, 0.15) is 26.2 Å². The highest BCUT2D eigenvalue weighted by atomic mass is 16.5. The van der Waals surface area contributed by atoms with Crippen molar-refractivity contribution < 1.29 is 9.53 Å². The van der Waals surface area contributed by atoms with Gasteiger partial charge in [-0.1, -0.05) is 0 Å². The number of ether oxygens (including phenoxy) is 1. The third-order valence-corrected chi connectivity index (χ3v) is 1.12. The van der Waals surface area contributed by atoms with Gasteiger partial charge in [0.05, 0.1) is 6.61 Å². The lowest BCUT2D eigenvalue weighted by Crippen LogP contribution is -2.13. The van der Waals surface area contributed by atoms with Gasteiger partial charge in [0.2, 0.25) is 0 Å². The second-order valence-corrected chi connectivity index (χ2v) is 2.05. The summed E-state index contributed by atoms with van der Waals surface area (Å²) < 4.78 is 4.51. The lowest BCUT2D eigenvalue weighted by molar-refractivity contribution is 0.155. The van der Waals surface area contributed by atoms with Crippen LogP contribution in [0.3, 0.4) is 0 Å². The number of hydrogen-bond donors (Lipinski definition) is 1. The summed E-state index contributed by atoms with van der Waals surface area (Å²) in [5.41, 5.74) is 4.74. The Kier molecular flexibility index (Phi) is 6.20. The molecule has 3 nitrogen and oxygen atoms in total. The van der Waals surface area contributed by atoms with Gasteiger partial charge >= 0.3 is 6.09 Å². The average molecular weight is 155 g/mol. The maximum atomic E-state index is 10.1. The molecular formula is C8H13NO2. The number of primary amides is 1. The lowest BCUT2D eigenvalue weighted by atomic mass is 10.2. The van der Waals surface area contributed by atoms with Crippen molar-refractivity contribution in [3.8, 4) is 11.8 Å². The second kappa shape index (κ2) is 6.94. The molecule has 11 heavy (non-hydrogen) atoms. The van der Waals surface area contributed by atoms with Gasteiger partial charge in [-0.25, -0.2) is 4.79 Å². The normalized spacial score (nSPS) is 8.09. The van der Waals surface area contributed by atoms with Crippen molar-refractivity contribution >= 4 is 6.09 Å². The Labute approximate surface area is 66.9 Å². The van der Waals surface area contributed by atoms with E-state index in [1.807, 2.05) is 0 Å². The highest BCUT2D eigenvalue weighted by Crippen LogP contribution is 1.93.